The summed E-state index contributed by atoms with van der Waals surface area (Å²) in [5.41, 5.74) is 2.29. The molecule has 20 heavy (non-hydrogen) atoms. The van der Waals surface area contributed by atoms with Crippen LogP contribution in [0.25, 0.3) is 0 Å². The van der Waals surface area contributed by atoms with E-state index in [9.17, 15) is 9.90 Å². The van der Waals surface area contributed by atoms with Crippen molar-refractivity contribution in [3.8, 4) is 5.75 Å². The highest BCUT2D eigenvalue weighted by atomic mass is 16.3. The maximum absolute atomic E-state index is 10.8. The van der Waals surface area contributed by atoms with Crippen LogP contribution in [0.2, 0.25) is 0 Å². The van der Waals surface area contributed by atoms with E-state index in [2.05, 4.69) is 24.3 Å². The standard InChI is InChI=1S/C18H18O2/c19-14-13-16(17-9-11-18(20)12-10-17)8-4-7-15-5-2-1-3-6-15/h1-6,8-12,14,16,20H,7,13H2/b8-4+. The molecule has 0 aliphatic heterocycles. The molecule has 0 heterocycles. The second-order valence-corrected chi connectivity index (χ2v) is 4.72. The van der Waals surface area contributed by atoms with Gasteiger partial charge in [0, 0.05) is 12.3 Å². The lowest BCUT2D eigenvalue weighted by Crippen LogP contribution is -1.96. The topological polar surface area (TPSA) is 37.3 Å². The minimum atomic E-state index is 0.0665. The van der Waals surface area contributed by atoms with Crippen LogP contribution in [-0.4, -0.2) is 11.4 Å². The predicted molar refractivity (Wildman–Crippen MR) is 80.8 cm³/mol. The second-order valence-electron chi connectivity index (χ2n) is 4.72. The highest BCUT2D eigenvalue weighted by Gasteiger charge is 2.07. The van der Waals surface area contributed by atoms with E-state index in [0.717, 1.165) is 18.3 Å². The first-order valence-electron chi connectivity index (χ1n) is 6.72. The average Bonchev–Trinajstić information content (AvgIpc) is 2.48. The van der Waals surface area contributed by atoms with E-state index in [-0.39, 0.29) is 11.7 Å². The van der Waals surface area contributed by atoms with E-state index < -0.39 is 0 Å². The first-order valence-corrected chi connectivity index (χ1v) is 6.72. The molecular formula is C18H18O2. The quantitative estimate of drug-likeness (QED) is 0.636. The molecule has 2 aromatic rings. The number of phenols is 1. The Balaban J connectivity index is 2.05. The van der Waals surface area contributed by atoms with Crippen molar-refractivity contribution in [1.29, 1.82) is 0 Å². The molecule has 2 aromatic carbocycles. The molecule has 1 atom stereocenters. The second kappa shape index (κ2) is 7.29. The van der Waals surface area contributed by atoms with Crippen LogP contribution in [0.3, 0.4) is 0 Å². The van der Waals surface area contributed by atoms with Gasteiger partial charge in [-0.1, -0.05) is 54.6 Å². The summed E-state index contributed by atoms with van der Waals surface area (Å²) < 4.78 is 0. The molecule has 0 saturated carbocycles. The Morgan fingerprint density at radius 2 is 1.70 bits per heavy atom. The number of allylic oxidation sites excluding steroid dienone is 2. The van der Waals surface area contributed by atoms with Crippen molar-refractivity contribution in [3.05, 3.63) is 77.9 Å². The van der Waals surface area contributed by atoms with Crippen LogP contribution in [-0.2, 0) is 11.2 Å². The largest absolute Gasteiger partial charge is 0.508 e. The summed E-state index contributed by atoms with van der Waals surface area (Å²) >= 11 is 0. The lowest BCUT2D eigenvalue weighted by atomic mass is 9.95. The fraction of sp³-hybridized carbons (Fsp3) is 0.167. The van der Waals surface area contributed by atoms with Crippen molar-refractivity contribution in [1.82, 2.24) is 0 Å². The third kappa shape index (κ3) is 4.09. The van der Waals surface area contributed by atoms with Gasteiger partial charge in [-0.15, -0.1) is 0 Å². The first-order chi connectivity index (χ1) is 9.79. The number of carbonyl (C=O) groups is 1. The summed E-state index contributed by atoms with van der Waals surface area (Å²) in [6.45, 7) is 0. The van der Waals surface area contributed by atoms with Crippen molar-refractivity contribution in [3.63, 3.8) is 0 Å². The lowest BCUT2D eigenvalue weighted by Gasteiger charge is -2.10. The van der Waals surface area contributed by atoms with E-state index in [1.165, 1.54) is 5.56 Å². The van der Waals surface area contributed by atoms with Gasteiger partial charge in [0.25, 0.3) is 0 Å². The Morgan fingerprint density at radius 3 is 2.35 bits per heavy atom. The van der Waals surface area contributed by atoms with Crippen molar-refractivity contribution < 1.29 is 9.90 Å². The molecule has 2 heteroatoms. The highest BCUT2D eigenvalue weighted by Crippen LogP contribution is 2.22. The molecule has 0 aliphatic carbocycles. The summed E-state index contributed by atoms with van der Waals surface area (Å²) in [5, 5.41) is 9.31. The molecule has 1 N–H and O–H groups in total. The third-order valence-corrected chi connectivity index (χ3v) is 3.24. The molecule has 102 valence electrons. The molecule has 0 fully saturated rings. The lowest BCUT2D eigenvalue weighted by molar-refractivity contribution is -0.108. The fourth-order valence-corrected chi connectivity index (χ4v) is 2.13. The van der Waals surface area contributed by atoms with Gasteiger partial charge in [0.1, 0.15) is 12.0 Å². The fourth-order valence-electron chi connectivity index (χ4n) is 2.13. The van der Waals surface area contributed by atoms with Gasteiger partial charge in [-0.05, 0) is 29.7 Å². The number of aromatic hydroxyl groups is 1. The van der Waals surface area contributed by atoms with Gasteiger partial charge in [-0.25, -0.2) is 0 Å². The van der Waals surface area contributed by atoms with Crippen molar-refractivity contribution >= 4 is 6.29 Å². The SMILES string of the molecule is O=CCC(/C=C/Cc1ccccc1)c1ccc(O)cc1. The summed E-state index contributed by atoms with van der Waals surface area (Å²) in [5.74, 6) is 0.309. The first kappa shape index (κ1) is 14.1. The molecule has 0 bridgehead atoms. The average molecular weight is 266 g/mol. The van der Waals surface area contributed by atoms with Gasteiger partial charge in [0.2, 0.25) is 0 Å². The van der Waals surface area contributed by atoms with Crippen LogP contribution in [0.4, 0.5) is 0 Å². The molecule has 0 spiro atoms. The van der Waals surface area contributed by atoms with Gasteiger partial charge in [-0.2, -0.15) is 0 Å². The van der Waals surface area contributed by atoms with Gasteiger partial charge in [0.05, 0.1) is 0 Å². The van der Waals surface area contributed by atoms with E-state index in [4.69, 9.17) is 0 Å². The molecule has 0 amide bonds. The van der Waals surface area contributed by atoms with E-state index in [1.807, 2.05) is 30.3 Å². The summed E-state index contributed by atoms with van der Waals surface area (Å²) in [7, 11) is 0. The Labute approximate surface area is 119 Å². The number of hydrogen-bond donors (Lipinski definition) is 1. The monoisotopic (exact) mass is 266 g/mol. The molecule has 0 radical (unpaired) electrons. The number of benzene rings is 2. The predicted octanol–water partition coefficient (Wildman–Crippen LogP) is 3.86. The van der Waals surface area contributed by atoms with Crippen molar-refractivity contribution in [2.75, 3.05) is 0 Å². The molecule has 2 nitrogen and oxygen atoms in total. The number of phenolic OH excluding ortho intramolecular Hbond substituents is 1. The van der Waals surface area contributed by atoms with E-state index in [0.29, 0.717) is 6.42 Å². The molecule has 1 unspecified atom stereocenters. The summed E-state index contributed by atoms with van der Waals surface area (Å²) in [6, 6.07) is 17.2. The number of rotatable bonds is 6. The molecule has 0 aliphatic rings. The maximum atomic E-state index is 10.8. The highest BCUT2D eigenvalue weighted by molar-refractivity contribution is 5.53. The van der Waals surface area contributed by atoms with Gasteiger partial charge < -0.3 is 9.90 Å². The van der Waals surface area contributed by atoms with Crippen LogP contribution in [0, 0.1) is 0 Å². The zero-order chi connectivity index (χ0) is 14.2. The minimum absolute atomic E-state index is 0.0665. The molecule has 0 aromatic heterocycles. The zero-order valence-electron chi connectivity index (χ0n) is 11.3. The summed E-state index contributed by atoms with van der Waals surface area (Å²) in [4.78, 5) is 10.8. The van der Waals surface area contributed by atoms with E-state index >= 15 is 0 Å². The molecule has 0 saturated heterocycles. The Bertz CT molecular complexity index is 556. The van der Waals surface area contributed by atoms with Gasteiger partial charge in [0.15, 0.2) is 0 Å². The Kier molecular flexibility index (Phi) is 5.13. The van der Waals surface area contributed by atoms with Crippen LogP contribution >= 0.6 is 0 Å². The number of carbonyl (C=O) groups excluding carboxylic acids is 1. The van der Waals surface area contributed by atoms with Crippen molar-refractivity contribution in [2.45, 2.75) is 18.8 Å². The smallest absolute Gasteiger partial charge is 0.120 e. The van der Waals surface area contributed by atoms with Crippen LogP contribution in [0.5, 0.6) is 5.75 Å². The van der Waals surface area contributed by atoms with Crippen molar-refractivity contribution in [2.24, 2.45) is 0 Å². The molecule has 2 rings (SSSR count). The normalized spacial score (nSPS) is 12.4. The minimum Gasteiger partial charge on any atom is -0.508 e. The Hall–Kier alpha value is -2.35. The van der Waals surface area contributed by atoms with Crippen LogP contribution in [0.15, 0.2) is 66.7 Å². The zero-order valence-corrected chi connectivity index (χ0v) is 11.3. The van der Waals surface area contributed by atoms with Gasteiger partial charge in [-0.3, -0.25) is 0 Å². The number of hydrogen-bond acceptors (Lipinski definition) is 2. The van der Waals surface area contributed by atoms with Crippen LogP contribution < -0.4 is 0 Å². The Morgan fingerprint density at radius 1 is 1.00 bits per heavy atom. The van der Waals surface area contributed by atoms with Gasteiger partial charge >= 0.3 is 0 Å². The summed E-state index contributed by atoms with van der Waals surface area (Å²) in [6.07, 6.45) is 6.40. The maximum Gasteiger partial charge on any atom is 0.120 e. The molecular weight excluding hydrogens is 248 g/mol. The van der Waals surface area contributed by atoms with Crippen LogP contribution in [0.1, 0.15) is 23.5 Å². The third-order valence-electron chi connectivity index (χ3n) is 3.24. The van der Waals surface area contributed by atoms with E-state index in [1.54, 1.807) is 12.1 Å². The number of aldehydes is 1.